The van der Waals surface area contributed by atoms with Gasteiger partial charge >= 0.3 is 0 Å². The van der Waals surface area contributed by atoms with Crippen molar-refractivity contribution in [2.75, 3.05) is 0 Å². The minimum absolute atomic E-state index is 0.00410. The summed E-state index contributed by atoms with van der Waals surface area (Å²) >= 11 is 9.05. The van der Waals surface area contributed by atoms with Gasteiger partial charge in [-0.05, 0) is 30.7 Å². The minimum Gasteiger partial charge on any atom is -0.292 e. The zero-order chi connectivity index (χ0) is 15.6. The molecule has 21 heavy (non-hydrogen) atoms. The first-order chi connectivity index (χ1) is 9.95. The molecule has 0 fully saturated rings. The first kappa shape index (κ1) is 15.7. The SMILES string of the molecule is Cc1cc(C(=O)C(C#N)c2cccc(Cl)c2F)ccc1Br. The molecular formula is C16H10BrClFNO. The van der Waals surface area contributed by atoms with Crippen molar-refractivity contribution in [1.29, 1.82) is 5.26 Å². The summed E-state index contributed by atoms with van der Waals surface area (Å²) in [6.45, 7) is 1.84. The molecule has 2 aromatic rings. The lowest BCUT2D eigenvalue weighted by atomic mass is 9.91. The van der Waals surface area contributed by atoms with Crippen LogP contribution in [0.2, 0.25) is 5.02 Å². The number of ketones is 1. The third-order valence-corrected chi connectivity index (χ3v) is 4.31. The Bertz CT molecular complexity index is 754. The second-order valence-corrected chi connectivity index (χ2v) is 5.79. The van der Waals surface area contributed by atoms with Crippen LogP contribution in [0.25, 0.3) is 0 Å². The molecule has 0 saturated carbocycles. The Morgan fingerprint density at radius 3 is 2.71 bits per heavy atom. The van der Waals surface area contributed by atoms with Crippen LogP contribution in [0.4, 0.5) is 4.39 Å². The van der Waals surface area contributed by atoms with Gasteiger partial charge in [0, 0.05) is 15.6 Å². The molecular weight excluding hydrogens is 357 g/mol. The molecule has 0 bridgehead atoms. The number of carbonyl (C=O) groups excluding carboxylic acids is 1. The summed E-state index contributed by atoms with van der Waals surface area (Å²) in [7, 11) is 0. The van der Waals surface area contributed by atoms with E-state index in [0.717, 1.165) is 10.0 Å². The predicted molar refractivity (Wildman–Crippen MR) is 83.0 cm³/mol. The Morgan fingerprint density at radius 1 is 1.38 bits per heavy atom. The van der Waals surface area contributed by atoms with Crippen LogP contribution < -0.4 is 0 Å². The van der Waals surface area contributed by atoms with Crippen molar-refractivity contribution in [3.8, 4) is 6.07 Å². The van der Waals surface area contributed by atoms with Crippen LogP contribution in [0.3, 0.4) is 0 Å². The highest BCUT2D eigenvalue weighted by atomic mass is 79.9. The maximum atomic E-state index is 14.0. The summed E-state index contributed by atoms with van der Waals surface area (Å²) in [5, 5.41) is 9.16. The van der Waals surface area contributed by atoms with Gasteiger partial charge in [0.25, 0.3) is 0 Å². The van der Waals surface area contributed by atoms with Crippen molar-refractivity contribution in [3.05, 3.63) is 68.4 Å². The van der Waals surface area contributed by atoms with Crippen molar-refractivity contribution < 1.29 is 9.18 Å². The van der Waals surface area contributed by atoms with Gasteiger partial charge in [0.05, 0.1) is 11.1 Å². The average molecular weight is 367 g/mol. The Morgan fingerprint density at radius 2 is 2.10 bits per heavy atom. The molecule has 0 saturated heterocycles. The zero-order valence-electron chi connectivity index (χ0n) is 11.0. The zero-order valence-corrected chi connectivity index (χ0v) is 13.4. The van der Waals surface area contributed by atoms with Crippen LogP contribution in [0.5, 0.6) is 0 Å². The number of hydrogen-bond donors (Lipinski definition) is 0. The standard InChI is InChI=1S/C16H10BrClFNO/c1-9-7-10(5-6-13(9)17)16(21)12(8-20)11-3-2-4-14(18)15(11)19/h2-7,12H,1H3. The number of nitrogens with zero attached hydrogens (tertiary/aromatic N) is 1. The molecule has 0 radical (unpaired) electrons. The van der Waals surface area contributed by atoms with E-state index in [1.807, 2.05) is 13.0 Å². The molecule has 5 heteroatoms. The van der Waals surface area contributed by atoms with E-state index in [-0.39, 0.29) is 10.6 Å². The normalized spacial score (nSPS) is 11.8. The number of Topliss-reactive ketones (excluding diaryl/α,β-unsaturated/α-hetero) is 1. The second kappa shape index (κ2) is 6.38. The highest BCUT2D eigenvalue weighted by Crippen LogP contribution is 2.28. The topological polar surface area (TPSA) is 40.9 Å². The Hall–Kier alpha value is -1.70. The first-order valence-electron chi connectivity index (χ1n) is 6.09. The predicted octanol–water partition coefficient (Wildman–Crippen LogP) is 5.04. The van der Waals surface area contributed by atoms with E-state index >= 15 is 0 Å². The van der Waals surface area contributed by atoms with Crippen molar-refractivity contribution in [3.63, 3.8) is 0 Å². The fourth-order valence-electron chi connectivity index (χ4n) is 1.98. The number of hydrogen-bond acceptors (Lipinski definition) is 2. The summed E-state index contributed by atoms with van der Waals surface area (Å²) in [6.07, 6.45) is 0. The highest BCUT2D eigenvalue weighted by Gasteiger charge is 2.25. The molecule has 2 nitrogen and oxygen atoms in total. The monoisotopic (exact) mass is 365 g/mol. The molecule has 0 heterocycles. The van der Waals surface area contributed by atoms with Crippen LogP contribution >= 0.6 is 27.5 Å². The molecule has 106 valence electrons. The van der Waals surface area contributed by atoms with Gasteiger partial charge in [-0.3, -0.25) is 4.79 Å². The van der Waals surface area contributed by atoms with Crippen LogP contribution in [0.15, 0.2) is 40.9 Å². The second-order valence-electron chi connectivity index (χ2n) is 4.53. The van der Waals surface area contributed by atoms with Gasteiger partial charge < -0.3 is 0 Å². The Labute approximate surface area is 135 Å². The molecule has 0 spiro atoms. The van der Waals surface area contributed by atoms with E-state index in [2.05, 4.69) is 15.9 Å². The maximum absolute atomic E-state index is 14.0. The molecule has 0 aliphatic carbocycles. The quantitative estimate of drug-likeness (QED) is 0.714. The number of nitriles is 1. The third-order valence-electron chi connectivity index (χ3n) is 3.13. The van der Waals surface area contributed by atoms with Gasteiger partial charge in [-0.15, -0.1) is 0 Å². The van der Waals surface area contributed by atoms with E-state index < -0.39 is 17.5 Å². The molecule has 1 unspecified atom stereocenters. The van der Waals surface area contributed by atoms with Crippen molar-refractivity contribution in [1.82, 2.24) is 0 Å². The van der Waals surface area contributed by atoms with Gasteiger partial charge in [0.1, 0.15) is 11.7 Å². The first-order valence-corrected chi connectivity index (χ1v) is 7.26. The van der Waals surface area contributed by atoms with Crippen LogP contribution in [0, 0.1) is 24.1 Å². The summed E-state index contributed by atoms with van der Waals surface area (Å²) < 4.78 is 14.9. The summed E-state index contributed by atoms with van der Waals surface area (Å²) in [4.78, 5) is 12.5. The lowest BCUT2D eigenvalue weighted by molar-refractivity contribution is 0.0977. The van der Waals surface area contributed by atoms with Gasteiger partial charge in [0.15, 0.2) is 5.78 Å². The minimum atomic E-state index is -1.22. The van der Waals surface area contributed by atoms with Crippen LogP contribution in [0.1, 0.15) is 27.4 Å². The number of halogens is 3. The van der Waals surface area contributed by atoms with E-state index in [1.165, 1.54) is 18.2 Å². The summed E-state index contributed by atoms with van der Waals surface area (Å²) in [6, 6.07) is 11.2. The number of benzene rings is 2. The Balaban J connectivity index is 2.46. The number of carbonyl (C=O) groups is 1. The summed E-state index contributed by atoms with van der Waals surface area (Å²) in [5.41, 5.74) is 1.22. The maximum Gasteiger partial charge on any atom is 0.184 e. The highest BCUT2D eigenvalue weighted by molar-refractivity contribution is 9.10. The smallest absolute Gasteiger partial charge is 0.184 e. The molecule has 0 aromatic heterocycles. The largest absolute Gasteiger partial charge is 0.292 e. The molecule has 0 aliphatic heterocycles. The fourth-order valence-corrected chi connectivity index (χ4v) is 2.41. The molecule has 0 amide bonds. The summed E-state index contributed by atoms with van der Waals surface area (Å²) in [5.74, 6) is -2.40. The van der Waals surface area contributed by atoms with E-state index in [1.54, 1.807) is 18.2 Å². The van der Waals surface area contributed by atoms with Gasteiger partial charge in [0.2, 0.25) is 0 Å². The van der Waals surface area contributed by atoms with Crippen molar-refractivity contribution in [2.45, 2.75) is 12.8 Å². The number of aryl methyl sites for hydroxylation is 1. The molecule has 2 rings (SSSR count). The molecule has 1 atom stereocenters. The van der Waals surface area contributed by atoms with Crippen LogP contribution in [-0.2, 0) is 0 Å². The van der Waals surface area contributed by atoms with E-state index in [9.17, 15) is 14.4 Å². The molecule has 0 aliphatic rings. The average Bonchev–Trinajstić information content (AvgIpc) is 2.47. The third kappa shape index (κ3) is 3.15. The van der Waals surface area contributed by atoms with Crippen molar-refractivity contribution in [2.24, 2.45) is 0 Å². The van der Waals surface area contributed by atoms with E-state index in [0.29, 0.717) is 5.56 Å². The van der Waals surface area contributed by atoms with Gasteiger partial charge in [-0.2, -0.15) is 5.26 Å². The van der Waals surface area contributed by atoms with E-state index in [4.69, 9.17) is 11.6 Å². The molecule has 0 N–H and O–H groups in total. The van der Waals surface area contributed by atoms with Gasteiger partial charge in [-0.1, -0.05) is 45.7 Å². The van der Waals surface area contributed by atoms with Crippen LogP contribution in [-0.4, -0.2) is 5.78 Å². The van der Waals surface area contributed by atoms with Crippen molar-refractivity contribution >= 4 is 33.3 Å². The molecule has 2 aromatic carbocycles. The lowest BCUT2D eigenvalue weighted by Gasteiger charge is -2.11. The lowest BCUT2D eigenvalue weighted by Crippen LogP contribution is -2.13. The fraction of sp³-hybridized carbons (Fsp3) is 0.125. The van der Waals surface area contributed by atoms with Gasteiger partial charge in [-0.25, -0.2) is 4.39 Å². The Kier molecular flexibility index (Phi) is 4.76. The number of rotatable bonds is 3.